The fraction of sp³-hybridized carbons (Fsp3) is 0.781. The van der Waals surface area contributed by atoms with Crippen LogP contribution >= 0.6 is 0 Å². The molecule has 4 fully saturated rings. The Hall–Kier alpha value is -1.78. The van der Waals surface area contributed by atoms with Crippen LogP contribution in [-0.2, 0) is 10.0 Å². The Bertz CT molecular complexity index is 1270. The largest absolute Gasteiger partial charge is 0.393 e. The van der Waals surface area contributed by atoms with Crippen molar-refractivity contribution in [3.05, 3.63) is 30.1 Å². The van der Waals surface area contributed by atoms with Gasteiger partial charge in [-0.25, -0.2) is 26.7 Å². The summed E-state index contributed by atoms with van der Waals surface area (Å²) in [4.78, 5) is 12.1. The maximum Gasteiger partial charge on any atom is 0.328 e. The molecule has 0 heterocycles. The first kappa shape index (κ1) is 31.6. The Morgan fingerprint density at radius 1 is 1.10 bits per heavy atom. The van der Waals surface area contributed by atoms with Gasteiger partial charge in [-0.05, 0) is 109 Å². The van der Waals surface area contributed by atoms with E-state index in [0.29, 0.717) is 37.6 Å². The lowest BCUT2D eigenvalue weighted by Crippen LogP contribution is -2.65. The Morgan fingerprint density at radius 2 is 1.79 bits per heavy atom. The number of carbonyl (C=O) groups is 1. The van der Waals surface area contributed by atoms with Crippen molar-refractivity contribution in [3.63, 3.8) is 0 Å². The first-order valence-electron chi connectivity index (χ1n) is 15.8. The zero-order chi connectivity index (χ0) is 30.6. The maximum absolute atomic E-state index is 15.6. The van der Waals surface area contributed by atoms with Crippen LogP contribution in [0.2, 0.25) is 0 Å². The highest BCUT2D eigenvalue weighted by Gasteiger charge is 2.66. The Balaban J connectivity index is 1.23. The third kappa shape index (κ3) is 5.27. The highest BCUT2D eigenvalue weighted by atomic mass is 32.2. The van der Waals surface area contributed by atoms with E-state index < -0.39 is 40.3 Å². The molecule has 4 unspecified atom stereocenters. The molecule has 0 aliphatic heterocycles. The number of hydrogen-bond acceptors (Lipinski definition) is 5. The average molecular weight is 611 g/mol. The number of aliphatic hydroxyl groups is 2. The number of nitrogens with one attached hydrogen (secondary N) is 2. The van der Waals surface area contributed by atoms with Gasteiger partial charge < -0.3 is 15.5 Å². The Kier molecular flexibility index (Phi) is 8.75. The van der Waals surface area contributed by atoms with Gasteiger partial charge in [0.15, 0.2) is 0 Å². The van der Waals surface area contributed by atoms with Gasteiger partial charge >= 0.3 is 6.03 Å². The SMILES string of the molecule is CC[C@@H]1[C@@H]2[C@@H](F)[C@H](O)CC[C@]2(C)C2CC[C@@]3(C)C(CCC3[C@H](C)CCNC(=O)NS(=O)(=O)c3cccc(F)c3)C2[C@@H]1O. The van der Waals surface area contributed by atoms with Gasteiger partial charge in [0.2, 0.25) is 0 Å². The van der Waals surface area contributed by atoms with E-state index in [1.807, 2.05) is 11.6 Å². The molecule has 1 aromatic rings. The fourth-order valence-electron chi connectivity index (χ4n) is 10.4. The van der Waals surface area contributed by atoms with E-state index in [1.54, 1.807) is 0 Å². The van der Waals surface area contributed by atoms with Crippen LogP contribution < -0.4 is 10.0 Å². The highest BCUT2D eigenvalue weighted by molar-refractivity contribution is 7.90. The summed E-state index contributed by atoms with van der Waals surface area (Å²) in [6, 6.07) is 3.66. The number of benzene rings is 1. The van der Waals surface area contributed by atoms with Gasteiger partial charge in [0.1, 0.15) is 12.0 Å². The molecule has 2 amide bonds. The molecule has 0 bridgehead atoms. The Labute approximate surface area is 249 Å². The van der Waals surface area contributed by atoms with Gasteiger partial charge in [0.25, 0.3) is 10.0 Å². The number of carbonyl (C=O) groups excluding carboxylic acids is 1. The molecule has 12 atom stereocenters. The quantitative estimate of drug-likeness (QED) is 0.329. The van der Waals surface area contributed by atoms with Crippen LogP contribution in [0.15, 0.2) is 29.2 Å². The minimum Gasteiger partial charge on any atom is -0.393 e. The zero-order valence-corrected chi connectivity index (χ0v) is 26.0. The zero-order valence-electron chi connectivity index (χ0n) is 25.2. The van der Waals surface area contributed by atoms with Crippen molar-refractivity contribution in [1.29, 1.82) is 0 Å². The second-order valence-electron chi connectivity index (χ2n) is 14.2. The molecular formula is C32H48F2N2O5S. The average Bonchev–Trinajstić information content (AvgIpc) is 3.29. The molecule has 0 saturated heterocycles. The monoisotopic (exact) mass is 610 g/mol. The molecule has 0 aromatic heterocycles. The molecule has 1 aromatic carbocycles. The van der Waals surface area contributed by atoms with E-state index in [0.717, 1.165) is 44.2 Å². The van der Waals surface area contributed by atoms with Crippen LogP contribution in [0.1, 0.15) is 79.1 Å². The van der Waals surface area contributed by atoms with Gasteiger partial charge in [0, 0.05) is 12.5 Å². The van der Waals surface area contributed by atoms with Crippen LogP contribution in [0.25, 0.3) is 0 Å². The summed E-state index contributed by atoms with van der Waals surface area (Å²) < 4.78 is 55.9. The highest BCUT2D eigenvalue weighted by Crippen LogP contribution is 2.69. The molecule has 4 aliphatic rings. The molecule has 42 heavy (non-hydrogen) atoms. The standard InChI is InChI=1S/C32H48F2N2O5S/c1-5-21-27-28(34)25(37)12-15-32(27,4)24-11-14-31(3)22(9-10-23(31)26(24)29(21)38)18(2)13-16-35-30(39)36-42(40,41)20-8-6-7-19(33)17-20/h6-8,17-18,21-29,37-38H,5,9-16H2,1-4H3,(H2,35,36,39)/t18-,21-,22?,23?,24?,25-,26?,27-,28+,29-,31-,32-/m1/s1. The number of fused-ring (bicyclic) bond motifs is 5. The molecule has 4 saturated carbocycles. The van der Waals surface area contributed by atoms with Crippen LogP contribution in [0.4, 0.5) is 13.6 Å². The number of hydrogen-bond donors (Lipinski definition) is 4. The van der Waals surface area contributed by atoms with Gasteiger partial charge in [-0.2, -0.15) is 0 Å². The summed E-state index contributed by atoms with van der Waals surface area (Å²) in [5.41, 5.74) is -0.202. The fourth-order valence-corrected chi connectivity index (χ4v) is 11.4. The first-order chi connectivity index (χ1) is 19.7. The summed E-state index contributed by atoms with van der Waals surface area (Å²) in [6.07, 6.45) is 3.85. The van der Waals surface area contributed by atoms with Gasteiger partial charge in [0.05, 0.1) is 17.1 Å². The molecule has 236 valence electrons. The second kappa shape index (κ2) is 11.6. The molecule has 0 radical (unpaired) electrons. The van der Waals surface area contributed by atoms with E-state index >= 15 is 4.39 Å². The van der Waals surface area contributed by atoms with E-state index in [9.17, 15) is 27.8 Å². The molecule has 10 heteroatoms. The van der Waals surface area contributed by atoms with Crippen LogP contribution in [0.5, 0.6) is 0 Å². The molecule has 7 nitrogen and oxygen atoms in total. The van der Waals surface area contributed by atoms with E-state index in [-0.39, 0.29) is 45.3 Å². The maximum atomic E-state index is 15.6. The summed E-state index contributed by atoms with van der Waals surface area (Å²) in [5, 5.41) is 24.9. The topological polar surface area (TPSA) is 116 Å². The van der Waals surface area contributed by atoms with Crippen molar-refractivity contribution >= 4 is 16.1 Å². The molecule has 4 aliphatic carbocycles. The molecule has 5 rings (SSSR count). The van der Waals surface area contributed by atoms with Crippen molar-refractivity contribution in [2.24, 2.45) is 52.3 Å². The summed E-state index contributed by atoms with van der Waals surface area (Å²) in [7, 11) is -4.18. The van der Waals surface area contributed by atoms with Crippen LogP contribution in [-0.4, -0.2) is 49.6 Å². The number of urea groups is 1. The Morgan fingerprint density at radius 3 is 2.48 bits per heavy atom. The molecule has 4 N–H and O–H groups in total. The lowest BCUT2D eigenvalue weighted by molar-refractivity contribution is -0.222. The third-order valence-electron chi connectivity index (χ3n) is 12.4. The third-order valence-corrected chi connectivity index (χ3v) is 13.7. The van der Waals surface area contributed by atoms with Gasteiger partial charge in [-0.15, -0.1) is 0 Å². The van der Waals surface area contributed by atoms with Crippen LogP contribution in [0.3, 0.4) is 0 Å². The van der Waals surface area contributed by atoms with Gasteiger partial charge in [-0.3, -0.25) is 0 Å². The van der Waals surface area contributed by atoms with Crippen molar-refractivity contribution in [2.45, 2.75) is 102 Å². The number of alkyl halides is 1. The minimum absolute atomic E-state index is 0.0231. The lowest BCUT2D eigenvalue weighted by Gasteiger charge is -2.65. The molecular weight excluding hydrogens is 562 g/mol. The van der Waals surface area contributed by atoms with E-state index in [4.69, 9.17) is 0 Å². The minimum atomic E-state index is -4.18. The van der Waals surface area contributed by atoms with Crippen LogP contribution in [0, 0.1) is 58.1 Å². The van der Waals surface area contributed by atoms with Gasteiger partial charge in [-0.1, -0.05) is 40.2 Å². The number of halogens is 2. The predicted molar refractivity (Wildman–Crippen MR) is 156 cm³/mol. The second-order valence-corrected chi connectivity index (χ2v) is 15.9. The van der Waals surface area contributed by atoms with E-state index in [1.165, 1.54) is 12.1 Å². The van der Waals surface area contributed by atoms with Crippen molar-refractivity contribution < 1.29 is 32.2 Å². The first-order valence-corrected chi connectivity index (χ1v) is 17.3. The van der Waals surface area contributed by atoms with Crippen molar-refractivity contribution in [2.75, 3.05) is 6.54 Å². The summed E-state index contributed by atoms with van der Waals surface area (Å²) >= 11 is 0. The number of sulfonamides is 1. The number of aliphatic hydroxyl groups excluding tert-OH is 2. The normalized spacial score (nSPS) is 42.1. The summed E-state index contributed by atoms with van der Waals surface area (Å²) in [5.74, 6) is 0.176. The smallest absolute Gasteiger partial charge is 0.328 e. The predicted octanol–water partition coefficient (Wildman–Crippen LogP) is 5.41. The van der Waals surface area contributed by atoms with E-state index in [2.05, 4.69) is 26.1 Å². The van der Waals surface area contributed by atoms with Crippen molar-refractivity contribution in [3.8, 4) is 0 Å². The summed E-state index contributed by atoms with van der Waals surface area (Å²) in [6.45, 7) is 9.11. The lowest BCUT2D eigenvalue weighted by atomic mass is 9.41. The number of rotatable bonds is 7. The molecule has 0 spiro atoms. The van der Waals surface area contributed by atoms with Crippen molar-refractivity contribution in [1.82, 2.24) is 10.0 Å². The number of amides is 2.